The number of aliphatic carboxylic acids is 1. The normalized spacial score (nSPS) is 10.1. The Morgan fingerprint density at radius 2 is 1.95 bits per heavy atom. The van der Waals surface area contributed by atoms with Gasteiger partial charge < -0.3 is 10.0 Å². The molecule has 0 heterocycles. The lowest BCUT2D eigenvalue weighted by Gasteiger charge is -2.21. The SMILES string of the molecule is CCN(CCC(=O)O)c1ccc([N+](=O)[O-])cc1[N+](=O)[O-]. The fourth-order valence-corrected chi connectivity index (χ4v) is 1.72. The molecule has 0 spiro atoms. The summed E-state index contributed by atoms with van der Waals surface area (Å²) in [6, 6.07) is 3.30. The molecular weight excluding hydrogens is 270 g/mol. The van der Waals surface area contributed by atoms with Crippen molar-refractivity contribution in [1.82, 2.24) is 0 Å². The van der Waals surface area contributed by atoms with Gasteiger partial charge in [0.15, 0.2) is 0 Å². The van der Waals surface area contributed by atoms with Crippen LogP contribution in [0, 0.1) is 20.2 Å². The van der Waals surface area contributed by atoms with Gasteiger partial charge in [-0.15, -0.1) is 0 Å². The molecule has 0 fully saturated rings. The highest BCUT2D eigenvalue weighted by Gasteiger charge is 2.23. The Bertz CT molecular complexity index is 545. The number of benzene rings is 1. The van der Waals surface area contributed by atoms with Gasteiger partial charge in [-0.25, -0.2) is 0 Å². The Balaban J connectivity index is 3.17. The summed E-state index contributed by atoms with van der Waals surface area (Å²) in [6.45, 7) is 2.16. The van der Waals surface area contributed by atoms with E-state index >= 15 is 0 Å². The first-order chi connectivity index (χ1) is 9.36. The largest absolute Gasteiger partial charge is 0.481 e. The summed E-state index contributed by atoms with van der Waals surface area (Å²) in [5.41, 5.74) is -0.620. The van der Waals surface area contributed by atoms with Crippen LogP contribution in [-0.2, 0) is 4.79 Å². The average Bonchev–Trinajstić information content (AvgIpc) is 2.38. The van der Waals surface area contributed by atoms with Gasteiger partial charge in [0.2, 0.25) is 0 Å². The number of non-ortho nitro benzene ring substituents is 1. The van der Waals surface area contributed by atoms with E-state index in [-0.39, 0.29) is 24.3 Å². The van der Waals surface area contributed by atoms with Crippen LogP contribution in [0.25, 0.3) is 0 Å². The number of carboxylic acids is 1. The fraction of sp³-hybridized carbons (Fsp3) is 0.364. The van der Waals surface area contributed by atoms with Crippen LogP contribution in [0.1, 0.15) is 13.3 Å². The molecule has 0 saturated heterocycles. The van der Waals surface area contributed by atoms with Crippen molar-refractivity contribution in [2.24, 2.45) is 0 Å². The molecule has 0 unspecified atom stereocenters. The Kier molecular flexibility index (Phi) is 4.95. The molecule has 108 valence electrons. The van der Waals surface area contributed by atoms with Crippen molar-refractivity contribution in [1.29, 1.82) is 0 Å². The van der Waals surface area contributed by atoms with E-state index in [0.29, 0.717) is 6.54 Å². The third-order valence-electron chi connectivity index (χ3n) is 2.68. The van der Waals surface area contributed by atoms with Crippen molar-refractivity contribution in [3.05, 3.63) is 38.4 Å². The van der Waals surface area contributed by atoms with Crippen LogP contribution in [0.4, 0.5) is 17.1 Å². The van der Waals surface area contributed by atoms with E-state index in [0.717, 1.165) is 12.1 Å². The van der Waals surface area contributed by atoms with Crippen LogP contribution in [0.3, 0.4) is 0 Å². The van der Waals surface area contributed by atoms with Gasteiger partial charge in [-0.3, -0.25) is 25.0 Å². The minimum atomic E-state index is -1.02. The predicted molar refractivity (Wildman–Crippen MR) is 69.9 cm³/mol. The monoisotopic (exact) mass is 283 g/mol. The van der Waals surface area contributed by atoms with Crippen molar-refractivity contribution in [2.75, 3.05) is 18.0 Å². The first kappa shape index (κ1) is 15.3. The van der Waals surface area contributed by atoms with E-state index in [1.54, 1.807) is 6.92 Å². The van der Waals surface area contributed by atoms with Crippen LogP contribution in [0.2, 0.25) is 0 Å². The smallest absolute Gasteiger partial charge is 0.305 e. The molecule has 1 N–H and O–H groups in total. The second-order valence-corrected chi connectivity index (χ2v) is 3.91. The molecular formula is C11H13N3O6. The number of nitro groups is 2. The molecule has 0 aromatic heterocycles. The van der Waals surface area contributed by atoms with Gasteiger partial charge in [0.25, 0.3) is 11.4 Å². The molecule has 9 heteroatoms. The zero-order valence-corrected chi connectivity index (χ0v) is 10.7. The number of carboxylic acid groups (broad SMARTS) is 1. The Morgan fingerprint density at radius 1 is 1.30 bits per heavy atom. The number of nitro benzene ring substituents is 2. The summed E-state index contributed by atoms with van der Waals surface area (Å²) in [4.78, 5) is 32.3. The van der Waals surface area contributed by atoms with Crippen LogP contribution in [-0.4, -0.2) is 34.0 Å². The Hall–Kier alpha value is -2.71. The number of hydrogen-bond donors (Lipinski definition) is 1. The first-order valence-corrected chi connectivity index (χ1v) is 5.76. The molecule has 0 saturated carbocycles. The van der Waals surface area contributed by atoms with Gasteiger partial charge in [0.05, 0.1) is 22.3 Å². The van der Waals surface area contributed by atoms with E-state index in [4.69, 9.17) is 5.11 Å². The highest BCUT2D eigenvalue weighted by molar-refractivity contribution is 5.70. The van der Waals surface area contributed by atoms with E-state index in [2.05, 4.69) is 0 Å². The minimum Gasteiger partial charge on any atom is -0.481 e. The first-order valence-electron chi connectivity index (χ1n) is 5.76. The fourth-order valence-electron chi connectivity index (χ4n) is 1.72. The van der Waals surface area contributed by atoms with Gasteiger partial charge in [-0.1, -0.05) is 0 Å². The number of carbonyl (C=O) groups is 1. The molecule has 0 aliphatic rings. The summed E-state index contributed by atoms with van der Waals surface area (Å²) in [5.74, 6) is -1.02. The van der Waals surface area contributed by atoms with Crippen LogP contribution in [0.15, 0.2) is 18.2 Å². The molecule has 0 aliphatic heterocycles. The summed E-state index contributed by atoms with van der Waals surface area (Å²) < 4.78 is 0. The molecule has 0 amide bonds. The average molecular weight is 283 g/mol. The maximum absolute atomic E-state index is 11.0. The third-order valence-corrected chi connectivity index (χ3v) is 2.68. The van der Waals surface area contributed by atoms with Crippen molar-refractivity contribution in [3.8, 4) is 0 Å². The highest BCUT2D eigenvalue weighted by atomic mass is 16.6. The van der Waals surface area contributed by atoms with E-state index in [1.165, 1.54) is 11.0 Å². The third kappa shape index (κ3) is 3.64. The van der Waals surface area contributed by atoms with Crippen LogP contribution < -0.4 is 4.90 Å². The molecule has 1 aromatic carbocycles. The van der Waals surface area contributed by atoms with Gasteiger partial charge >= 0.3 is 5.97 Å². The topological polar surface area (TPSA) is 127 Å². The molecule has 20 heavy (non-hydrogen) atoms. The van der Waals surface area contributed by atoms with Crippen molar-refractivity contribution in [2.45, 2.75) is 13.3 Å². The van der Waals surface area contributed by atoms with E-state index in [9.17, 15) is 25.0 Å². The number of rotatable bonds is 7. The number of anilines is 1. The van der Waals surface area contributed by atoms with Crippen molar-refractivity contribution >= 4 is 23.0 Å². The highest BCUT2D eigenvalue weighted by Crippen LogP contribution is 2.31. The molecule has 9 nitrogen and oxygen atoms in total. The van der Waals surface area contributed by atoms with Crippen molar-refractivity contribution < 1.29 is 19.7 Å². The van der Waals surface area contributed by atoms with Crippen LogP contribution in [0.5, 0.6) is 0 Å². The molecule has 1 rings (SSSR count). The zero-order valence-electron chi connectivity index (χ0n) is 10.7. The summed E-state index contributed by atoms with van der Waals surface area (Å²) in [6.07, 6.45) is -0.179. The lowest BCUT2D eigenvalue weighted by Crippen LogP contribution is -2.26. The lowest BCUT2D eigenvalue weighted by atomic mass is 10.2. The zero-order chi connectivity index (χ0) is 15.3. The summed E-state index contributed by atoms with van der Waals surface area (Å²) >= 11 is 0. The minimum absolute atomic E-state index is 0.0878. The second kappa shape index (κ2) is 6.45. The quantitative estimate of drug-likeness (QED) is 0.597. The lowest BCUT2D eigenvalue weighted by molar-refractivity contribution is -0.393. The van der Waals surface area contributed by atoms with Crippen molar-refractivity contribution in [3.63, 3.8) is 0 Å². The standard InChI is InChI=1S/C11H13N3O6/c1-2-12(6-5-11(15)16)9-4-3-8(13(17)18)7-10(9)14(19)20/h3-4,7H,2,5-6H2,1H3,(H,15,16). The van der Waals surface area contributed by atoms with Gasteiger partial charge in [0, 0.05) is 19.2 Å². The molecule has 0 bridgehead atoms. The summed E-state index contributed by atoms with van der Waals surface area (Å²) in [5, 5.41) is 30.3. The van der Waals surface area contributed by atoms with Gasteiger partial charge in [-0.05, 0) is 13.0 Å². The Labute approximate surface area is 113 Å². The second-order valence-electron chi connectivity index (χ2n) is 3.91. The van der Waals surface area contributed by atoms with E-state index < -0.39 is 21.5 Å². The maximum Gasteiger partial charge on any atom is 0.305 e. The maximum atomic E-state index is 11.0. The number of nitrogens with zero attached hydrogens (tertiary/aromatic N) is 3. The number of hydrogen-bond acceptors (Lipinski definition) is 6. The molecule has 0 radical (unpaired) electrons. The molecule has 0 atom stereocenters. The van der Waals surface area contributed by atoms with Gasteiger partial charge in [-0.2, -0.15) is 0 Å². The van der Waals surface area contributed by atoms with Crippen LogP contribution >= 0.6 is 0 Å². The molecule has 0 aliphatic carbocycles. The molecule has 1 aromatic rings. The predicted octanol–water partition coefficient (Wildman–Crippen LogP) is 1.80. The Morgan fingerprint density at radius 3 is 2.40 bits per heavy atom. The van der Waals surface area contributed by atoms with E-state index in [1.807, 2.05) is 0 Å². The van der Waals surface area contributed by atoms with Gasteiger partial charge in [0.1, 0.15) is 5.69 Å². The summed E-state index contributed by atoms with van der Waals surface area (Å²) in [7, 11) is 0.